The number of aromatic nitrogens is 1. The number of nitrogens with one attached hydrogen (secondary N) is 1. The van der Waals surface area contributed by atoms with Gasteiger partial charge in [-0.2, -0.15) is 0 Å². The first-order valence-electron chi connectivity index (χ1n) is 4.77. The molecule has 0 saturated heterocycles. The maximum Gasteiger partial charge on any atom is 0.107 e. The number of nitrogens with zero attached hydrogens (tertiary/aromatic N) is 1. The zero-order valence-corrected chi connectivity index (χ0v) is 10.1. The number of aliphatic hydroxyl groups is 1. The molecule has 1 heterocycles. The summed E-state index contributed by atoms with van der Waals surface area (Å²) >= 11 is 5.01. The van der Waals surface area contributed by atoms with Gasteiger partial charge in [-0.3, -0.25) is 0 Å². The first-order chi connectivity index (χ1) is 6.75. The van der Waals surface area contributed by atoms with Crippen molar-refractivity contribution in [2.24, 2.45) is 0 Å². The van der Waals surface area contributed by atoms with Crippen LogP contribution in [0.5, 0.6) is 0 Å². The standard InChI is InChI=1S/C9H13BrN2OS/c10-8-4-12-9(14-8)5-11-6-2-1-3-7(6)13/h4,6-7,11,13H,1-3,5H2. The van der Waals surface area contributed by atoms with Crippen molar-refractivity contribution < 1.29 is 5.11 Å². The first-order valence-corrected chi connectivity index (χ1v) is 6.38. The summed E-state index contributed by atoms with van der Waals surface area (Å²) in [5, 5.41) is 14.0. The molecule has 1 aromatic rings. The Hall–Kier alpha value is 0.0300. The van der Waals surface area contributed by atoms with E-state index in [1.807, 2.05) is 6.20 Å². The lowest BCUT2D eigenvalue weighted by atomic mass is 10.2. The summed E-state index contributed by atoms with van der Waals surface area (Å²) in [7, 11) is 0. The minimum absolute atomic E-state index is 0.168. The second-order valence-electron chi connectivity index (χ2n) is 3.54. The molecule has 0 amide bonds. The SMILES string of the molecule is OC1CCCC1NCc1ncc(Br)s1. The molecule has 0 bridgehead atoms. The van der Waals surface area contributed by atoms with Gasteiger partial charge in [0, 0.05) is 12.6 Å². The largest absolute Gasteiger partial charge is 0.392 e. The van der Waals surface area contributed by atoms with Crippen molar-refractivity contribution >= 4 is 27.3 Å². The Kier molecular flexibility index (Phi) is 3.54. The van der Waals surface area contributed by atoms with E-state index in [-0.39, 0.29) is 12.1 Å². The van der Waals surface area contributed by atoms with Gasteiger partial charge in [-0.05, 0) is 35.2 Å². The molecule has 1 aliphatic carbocycles. The van der Waals surface area contributed by atoms with Gasteiger partial charge in [-0.1, -0.05) is 0 Å². The minimum Gasteiger partial charge on any atom is -0.392 e. The van der Waals surface area contributed by atoms with Crippen LogP contribution in [0.1, 0.15) is 24.3 Å². The molecular weight excluding hydrogens is 264 g/mol. The van der Waals surface area contributed by atoms with Crippen LogP contribution in [0.15, 0.2) is 9.98 Å². The van der Waals surface area contributed by atoms with E-state index in [1.54, 1.807) is 11.3 Å². The van der Waals surface area contributed by atoms with Crippen molar-refractivity contribution in [2.75, 3.05) is 0 Å². The number of hydrogen-bond acceptors (Lipinski definition) is 4. The van der Waals surface area contributed by atoms with Gasteiger partial charge in [0.15, 0.2) is 0 Å². The Morgan fingerprint density at radius 1 is 1.64 bits per heavy atom. The van der Waals surface area contributed by atoms with E-state index in [4.69, 9.17) is 0 Å². The topological polar surface area (TPSA) is 45.1 Å². The number of aliphatic hydroxyl groups excluding tert-OH is 1. The van der Waals surface area contributed by atoms with Crippen molar-refractivity contribution in [1.82, 2.24) is 10.3 Å². The molecule has 0 spiro atoms. The van der Waals surface area contributed by atoms with Gasteiger partial charge in [0.1, 0.15) is 5.01 Å². The minimum atomic E-state index is -0.168. The molecule has 3 nitrogen and oxygen atoms in total. The maximum atomic E-state index is 9.58. The highest BCUT2D eigenvalue weighted by Crippen LogP contribution is 2.21. The van der Waals surface area contributed by atoms with Crippen LogP contribution in [0, 0.1) is 0 Å². The lowest BCUT2D eigenvalue weighted by molar-refractivity contribution is 0.148. The maximum absolute atomic E-state index is 9.58. The third-order valence-electron chi connectivity index (χ3n) is 2.52. The fourth-order valence-electron chi connectivity index (χ4n) is 1.77. The van der Waals surface area contributed by atoms with Crippen LogP contribution in [0.2, 0.25) is 0 Å². The molecule has 1 aliphatic rings. The molecule has 2 rings (SSSR count). The van der Waals surface area contributed by atoms with Crippen LogP contribution in [0.3, 0.4) is 0 Å². The average Bonchev–Trinajstić information content (AvgIpc) is 2.72. The van der Waals surface area contributed by atoms with E-state index in [2.05, 4.69) is 26.2 Å². The van der Waals surface area contributed by atoms with E-state index in [0.29, 0.717) is 0 Å². The van der Waals surface area contributed by atoms with Gasteiger partial charge in [0.25, 0.3) is 0 Å². The van der Waals surface area contributed by atoms with Crippen molar-refractivity contribution in [3.8, 4) is 0 Å². The molecule has 1 fully saturated rings. The summed E-state index contributed by atoms with van der Waals surface area (Å²) in [6, 6.07) is 0.262. The molecule has 78 valence electrons. The third-order valence-corrected chi connectivity index (χ3v) is 4.00. The van der Waals surface area contributed by atoms with Crippen molar-refractivity contribution in [2.45, 2.75) is 38.0 Å². The fraction of sp³-hybridized carbons (Fsp3) is 0.667. The van der Waals surface area contributed by atoms with E-state index in [1.165, 1.54) is 0 Å². The molecule has 2 atom stereocenters. The summed E-state index contributed by atoms with van der Waals surface area (Å²) in [5.74, 6) is 0. The van der Waals surface area contributed by atoms with Crippen LogP contribution in [-0.2, 0) is 6.54 Å². The Labute approximate surface area is 95.7 Å². The lowest BCUT2D eigenvalue weighted by Gasteiger charge is -2.14. The average molecular weight is 277 g/mol. The normalized spacial score (nSPS) is 27.0. The summed E-state index contributed by atoms with van der Waals surface area (Å²) in [5.41, 5.74) is 0. The molecule has 14 heavy (non-hydrogen) atoms. The Balaban J connectivity index is 1.82. The summed E-state index contributed by atoms with van der Waals surface area (Å²) in [4.78, 5) is 4.23. The van der Waals surface area contributed by atoms with Gasteiger partial charge >= 0.3 is 0 Å². The van der Waals surface area contributed by atoms with E-state index in [9.17, 15) is 5.11 Å². The van der Waals surface area contributed by atoms with Crippen LogP contribution in [0.4, 0.5) is 0 Å². The lowest BCUT2D eigenvalue weighted by Crippen LogP contribution is -2.34. The molecule has 1 aromatic heterocycles. The van der Waals surface area contributed by atoms with Crippen LogP contribution in [0.25, 0.3) is 0 Å². The molecule has 0 radical (unpaired) electrons. The third kappa shape index (κ3) is 2.53. The highest BCUT2D eigenvalue weighted by atomic mass is 79.9. The second-order valence-corrected chi connectivity index (χ2v) is 6.04. The number of hydrogen-bond donors (Lipinski definition) is 2. The van der Waals surface area contributed by atoms with Crippen LogP contribution >= 0.6 is 27.3 Å². The predicted molar refractivity (Wildman–Crippen MR) is 60.3 cm³/mol. The van der Waals surface area contributed by atoms with E-state index < -0.39 is 0 Å². The zero-order chi connectivity index (χ0) is 9.97. The quantitative estimate of drug-likeness (QED) is 0.887. The predicted octanol–water partition coefficient (Wildman–Crippen LogP) is 1.91. The van der Waals surface area contributed by atoms with Gasteiger partial charge in [-0.25, -0.2) is 4.98 Å². The molecule has 0 aromatic carbocycles. The van der Waals surface area contributed by atoms with Crippen molar-refractivity contribution in [3.05, 3.63) is 15.0 Å². The van der Waals surface area contributed by atoms with Gasteiger partial charge in [-0.15, -0.1) is 11.3 Å². The van der Waals surface area contributed by atoms with Crippen molar-refractivity contribution in [1.29, 1.82) is 0 Å². The fourth-order valence-corrected chi connectivity index (χ4v) is 3.02. The molecule has 0 aliphatic heterocycles. The zero-order valence-electron chi connectivity index (χ0n) is 7.74. The Morgan fingerprint density at radius 3 is 3.07 bits per heavy atom. The number of thiazole rings is 1. The molecule has 2 unspecified atom stereocenters. The summed E-state index contributed by atoms with van der Waals surface area (Å²) in [6.07, 6.45) is 4.78. The summed E-state index contributed by atoms with van der Waals surface area (Å²) < 4.78 is 1.06. The highest BCUT2D eigenvalue weighted by Gasteiger charge is 2.24. The smallest absolute Gasteiger partial charge is 0.107 e. The summed E-state index contributed by atoms with van der Waals surface area (Å²) in [6.45, 7) is 0.762. The highest BCUT2D eigenvalue weighted by molar-refractivity contribution is 9.11. The van der Waals surface area contributed by atoms with Crippen LogP contribution < -0.4 is 5.32 Å². The molecule has 2 N–H and O–H groups in total. The first kappa shape index (κ1) is 10.5. The molecule has 1 saturated carbocycles. The number of halogens is 1. The Bertz CT molecular complexity index is 305. The van der Waals surface area contributed by atoms with E-state index in [0.717, 1.165) is 34.6 Å². The Morgan fingerprint density at radius 2 is 2.50 bits per heavy atom. The second kappa shape index (κ2) is 4.70. The van der Waals surface area contributed by atoms with E-state index >= 15 is 0 Å². The van der Waals surface area contributed by atoms with Gasteiger partial charge < -0.3 is 10.4 Å². The van der Waals surface area contributed by atoms with Gasteiger partial charge in [0.2, 0.25) is 0 Å². The molecule has 5 heteroatoms. The van der Waals surface area contributed by atoms with Crippen molar-refractivity contribution in [3.63, 3.8) is 0 Å². The van der Waals surface area contributed by atoms with Crippen LogP contribution in [-0.4, -0.2) is 22.2 Å². The number of rotatable bonds is 3. The molecular formula is C9H13BrN2OS. The monoisotopic (exact) mass is 276 g/mol. The van der Waals surface area contributed by atoms with Gasteiger partial charge in [0.05, 0.1) is 16.1 Å².